The van der Waals surface area contributed by atoms with Crippen LogP contribution in [0.2, 0.25) is 0 Å². The highest BCUT2D eigenvalue weighted by atomic mass is 16.5. The van der Waals surface area contributed by atoms with Crippen molar-refractivity contribution in [3.8, 4) is 11.6 Å². The molecule has 3 rings (SSSR count). The molecule has 0 unspecified atom stereocenters. The molecule has 1 aliphatic rings. The van der Waals surface area contributed by atoms with E-state index in [0.717, 1.165) is 12.8 Å². The molecule has 1 heterocycles. The van der Waals surface area contributed by atoms with Gasteiger partial charge in [-0.2, -0.15) is 4.98 Å². The van der Waals surface area contributed by atoms with Crippen molar-refractivity contribution >= 4 is 11.9 Å². The summed E-state index contributed by atoms with van der Waals surface area (Å²) in [5, 5.41) is 3.31. The largest absolute Gasteiger partial charge is 0.462 e. The number of nitrogens with one attached hydrogen (secondary N) is 1. The van der Waals surface area contributed by atoms with E-state index in [1.165, 1.54) is 19.0 Å². The number of carbonyl (C=O) groups is 1. The number of carbonyl (C=O) groups excluding carboxylic acids is 1. The lowest BCUT2D eigenvalue weighted by Gasteiger charge is -2.14. The number of benzene rings is 1. The minimum Gasteiger partial charge on any atom is -0.462 e. The molecule has 1 aromatic carbocycles. The van der Waals surface area contributed by atoms with E-state index in [2.05, 4.69) is 15.3 Å². The van der Waals surface area contributed by atoms with Crippen LogP contribution in [0, 0.1) is 0 Å². The van der Waals surface area contributed by atoms with Crippen molar-refractivity contribution in [2.24, 2.45) is 0 Å². The van der Waals surface area contributed by atoms with Crippen LogP contribution in [0.1, 0.15) is 43.0 Å². The fraction of sp³-hybridized carbons (Fsp3) is 0.389. The third-order valence-electron chi connectivity index (χ3n) is 3.90. The predicted molar refractivity (Wildman–Crippen MR) is 90.4 cm³/mol. The Morgan fingerprint density at radius 3 is 2.71 bits per heavy atom. The van der Waals surface area contributed by atoms with Crippen molar-refractivity contribution in [3.63, 3.8) is 0 Å². The topological polar surface area (TPSA) is 73.3 Å². The average molecular weight is 327 g/mol. The molecule has 0 amide bonds. The summed E-state index contributed by atoms with van der Waals surface area (Å²) in [6.07, 6.45) is 6.11. The monoisotopic (exact) mass is 327 g/mol. The maximum atomic E-state index is 12.1. The van der Waals surface area contributed by atoms with Crippen LogP contribution in [0.15, 0.2) is 36.5 Å². The van der Waals surface area contributed by atoms with E-state index in [1.54, 1.807) is 19.1 Å². The van der Waals surface area contributed by atoms with Crippen molar-refractivity contribution in [2.45, 2.75) is 38.6 Å². The van der Waals surface area contributed by atoms with Gasteiger partial charge in [0.15, 0.2) is 0 Å². The lowest BCUT2D eigenvalue weighted by atomic mass is 10.2. The number of esters is 1. The van der Waals surface area contributed by atoms with Crippen LogP contribution in [-0.2, 0) is 4.74 Å². The molecule has 24 heavy (non-hydrogen) atoms. The molecule has 0 saturated heterocycles. The van der Waals surface area contributed by atoms with Gasteiger partial charge >= 0.3 is 5.97 Å². The molecule has 1 fully saturated rings. The number of rotatable bonds is 6. The summed E-state index contributed by atoms with van der Waals surface area (Å²) in [4.78, 5) is 20.7. The van der Waals surface area contributed by atoms with Crippen LogP contribution in [0.3, 0.4) is 0 Å². The van der Waals surface area contributed by atoms with Crippen molar-refractivity contribution in [3.05, 3.63) is 42.1 Å². The van der Waals surface area contributed by atoms with Gasteiger partial charge in [-0.05, 0) is 31.9 Å². The van der Waals surface area contributed by atoms with Crippen molar-refractivity contribution in [2.75, 3.05) is 11.9 Å². The highest BCUT2D eigenvalue weighted by Crippen LogP contribution is 2.26. The van der Waals surface area contributed by atoms with E-state index in [-0.39, 0.29) is 18.1 Å². The number of ether oxygens (including phenoxy) is 2. The molecular weight excluding hydrogens is 306 g/mol. The molecule has 1 N–H and O–H groups in total. The number of hydrogen-bond acceptors (Lipinski definition) is 6. The Labute approximate surface area is 141 Å². The lowest BCUT2D eigenvalue weighted by Crippen LogP contribution is -2.18. The zero-order valence-electron chi connectivity index (χ0n) is 13.7. The van der Waals surface area contributed by atoms with E-state index in [4.69, 9.17) is 9.47 Å². The fourth-order valence-electron chi connectivity index (χ4n) is 2.72. The molecule has 1 saturated carbocycles. The molecule has 0 aliphatic heterocycles. The zero-order chi connectivity index (χ0) is 16.8. The first-order valence-electron chi connectivity index (χ1n) is 8.30. The molecule has 2 aromatic rings. The Hall–Kier alpha value is -2.63. The number of hydrogen-bond donors (Lipinski definition) is 1. The van der Waals surface area contributed by atoms with Gasteiger partial charge in [0, 0.05) is 6.04 Å². The summed E-state index contributed by atoms with van der Waals surface area (Å²) >= 11 is 0. The maximum Gasteiger partial charge on any atom is 0.345 e. The molecule has 0 bridgehead atoms. The summed E-state index contributed by atoms with van der Waals surface area (Å²) in [5.74, 6) is 0.792. The second kappa shape index (κ2) is 7.77. The minimum atomic E-state index is -0.490. The summed E-state index contributed by atoms with van der Waals surface area (Å²) in [5.41, 5.74) is 0.220. The van der Waals surface area contributed by atoms with Gasteiger partial charge in [0.1, 0.15) is 11.3 Å². The molecule has 6 heteroatoms. The first kappa shape index (κ1) is 16.2. The number of anilines is 1. The third-order valence-corrected chi connectivity index (χ3v) is 3.90. The van der Waals surface area contributed by atoms with Gasteiger partial charge in [-0.3, -0.25) is 0 Å². The summed E-state index contributed by atoms with van der Waals surface area (Å²) in [6, 6.07) is 9.60. The SMILES string of the molecule is CCOC(=O)c1cnc(NC2CCCC2)nc1Oc1ccccc1. The molecule has 1 aromatic heterocycles. The van der Waals surface area contributed by atoms with Gasteiger partial charge in [-0.1, -0.05) is 31.0 Å². The minimum absolute atomic E-state index is 0.204. The zero-order valence-corrected chi connectivity index (χ0v) is 13.7. The van der Waals surface area contributed by atoms with E-state index in [0.29, 0.717) is 17.7 Å². The average Bonchev–Trinajstić information content (AvgIpc) is 3.09. The lowest BCUT2D eigenvalue weighted by molar-refractivity contribution is 0.0522. The van der Waals surface area contributed by atoms with Crippen LogP contribution < -0.4 is 10.1 Å². The number of aromatic nitrogens is 2. The molecule has 0 radical (unpaired) electrons. The van der Waals surface area contributed by atoms with E-state index < -0.39 is 5.97 Å². The normalized spacial score (nSPS) is 14.4. The van der Waals surface area contributed by atoms with Crippen LogP contribution in [0.4, 0.5) is 5.95 Å². The first-order chi connectivity index (χ1) is 11.8. The maximum absolute atomic E-state index is 12.1. The van der Waals surface area contributed by atoms with Crippen LogP contribution in [0.5, 0.6) is 11.6 Å². The summed E-state index contributed by atoms with van der Waals surface area (Å²) in [7, 11) is 0. The van der Waals surface area contributed by atoms with Crippen molar-refractivity contribution in [1.82, 2.24) is 9.97 Å². The summed E-state index contributed by atoms with van der Waals surface area (Å²) in [6.45, 7) is 2.04. The van der Waals surface area contributed by atoms with Gasteiger partial charge in [-0.25, -0.2) is 9.78 Å². The standard InChI is InChI=1S/C18H21N3O3/c1-2-23-17(22)15-12-19-18(20-13-8-6-7-9-13)21-16(15)24-14-10-4-3-5-11-14/h3-5,10-13H,2,6-9H2,1H3,(H,19,20,21). The second-order valence-electron chi connectivity index (χ2n) is 5.67. The molecular formula is C18H21N3O3. The summed E-state index contributed by atoms with van der Waals surface area (Å²) < 4.78 is 10.9. The smallest absolute Gasteiger partial charge is 0.345 e. The Kier molecular flexibility index (Phi) is 5.25. The Balaban J connectivity index is 1.86. The van der Waals surface area contributed by atoms with Gasteiger partial charge in [-0.15, -0.1) is 0 Å². The van der Waals surface area contributed by atoms with Gasteiger partial charge in [0.2, 0.25) is 11.8 Å². The van der Waals surface area contributed by atoms with Gasteiger partial charge < -0.3 is 14.8 Å². The predicted octanol–water partition coefficient (Wildman–Crippen LogP) is 3.80. The number of para-hydroxylation sites is 1. The fourth-order valence-corrected chi connectivity index (χ4v) is 2.72. The van der Waals surface area contributed by atoms with Crippen LogP contribution >= 0.6 is 0 Å². The molecule has 126 valence electrons. The Bertz CT molecular complexity index is 685. The van der Waals surface area contributed by atoms with Gasteiger partial charge in [0.25, 0.3) is 0 Å². The Morgan fingerprint density at radius 1 is 1.25 bits per heavy atom. The van der Waals surface area contributed by atoms with Crippen molar-refractivity contribution in [1.29, 1.82) is 0 Å². The number of nitrogens with zero attached hydrogens (tertiary/aromatic N) is 2. The van der Waals surface area contributed by atoms with Crippen LogP contribution in [-0.4, -0.2) is 28.6 Å². The second-order valence-corrected chi connectivity index (χ2v) is 5.67. The quantitative estimate of drug-likeness (QED) is 0.814. The molecule has 1 aliphatic carbocycles. The van der Waals surface area contributed by atoms with E-state index in [1.807, 2.05) is 18.2 Å². The highest BCUT2D eigenvalue weighted by Gasteiger charge is 2.20. The van der Waals surface area contributed by atoms with Gasteiger partial charge in [0.05, 0.1) is 12.8 Å². The molecule has 6 nitrogen and oxygen atoms in total. The first-order valence-corrected chi connectivity index (χ1v) is 8.30. The van der Waals surface area contributed by atoms with E-state index >= 15 is 0 Å². The third kappa shape index (κ3) is 4.01. The van der Waals surface area contributed by atoms with Crippen LogP contribution in [0.25, 0.3) is 0 Å². The Morgan fingerprint density at radius 2 is 2.00 bits per heavy atom. The highest BCUT2D eigenvalue weighted by molar-refractivity contribution is 5.91. The molecule has 0 atom stereocenters. The van der Waals surface area contributed by atoms with E-state index in [9.17, 15) is 4.79 Å². The van der Waals surface area contributed by atoms with Crippen molar-refractivity contribution < 1.29 is 14.3 Å². The molecule has 0 spiro atoms.